The summed E-state index contributed by atoms with van der Waals surface area (Å²) in [5.74, 6) is 2.18. The van der Waals surface area contributed by atoms with Gasteiger partial charge in [0, 0.05) is 17.1 Å². The smallest absolute Gasteiger partial charge is 0.319 e. The molecule has 0 atom stereocenters. The van der Waals surface area contributed by atoms with Gasteiger partial charge in [0.05, 0.1) is 13.7 Å². The molecule has 1 heterocycles. The minimum absolute atomic E-state index is 0.234. The Morgan fingerprint density at radius 2 is 1.76 bits per heavy atom. The first-order chi connectivity index (χ1) is 16.5. The Morgan fingerprint density at radius 1 is 0.971 bits per heavy atom. The second kappa shape index (κ2) is 10.9. The highest BCUT2D eigenvalue weighted by Crippen LogP contribution is 2.27. The van der Waals surface area contributed by atoms with E-state index in [1.54, 1.807) is 18.9 Å². The molecule has 0 saturated heterocycles. The number of nitrogens with zero attached hydrogens (tertiary/aromatic N) is 3. The lowest BCUT2D eigenvalue weighted by Gasteiger charge is -2.12. The summed E-state index contributed by atoms with van der Waals surface area (Å²) in [5, 5.41) is 15.3. The van der Waals surface area contributed by atoms with Crippen LogP contribution in [0, 0.1) is 13.8 Å². The summed E-state index contributed by atoms with van der Waals surface area (Å²) in [7, 11) is 1.66. The van der Waals surface area contributed by atoms with Crippen LogP contribution in [0.5, 0.6) is 5.75 Å². The molecule has 0 spiro atoms. The third-order valence-electron chi connectivity index (χ3n) is 5.18. The van der Waals surface area contributed by atoms with E-state index in [0.29, 0.717) is 11.6 Å². The lowest BCUT2D eigenvalue weighted by molar-refractivity contribution is 0.251. The van der Waals surface area contributed by atoms with E-state index < -0.39 is 0 Å². The van der Waals surface area contributed by atoms with Crippen LogP contribution in [-0.2, 0) is 12.3 Å². The average molecular weight is 474 g/mol. The summed E-state index contributed by atoms with van der Waals surface area (Å²) < 4.78 is 7.31. The number of aryl methyl sites for hydroxylation is 2. The fourth-order valence-electron chi connectivity index (χ4n) is 3.43. The normalized spacial score (nSPS) is 10.7. The van der Waals surface area contributed by atoms with Crippen LogP contribution in [0.25, 0.3) is 5.69 Å². The van der Waals surface area contributed by atoms with Gasteiger partial charge in [0.15, 0.2) is 11.0 Å². The Kier molecular flexibility index (Phi) is 7.49. The maximum Gasteiger partial charge on any atom is 0.319 e. The van der Waals surface area contributed by atoms with Crippen molar-refractivity contribution < 1.29 is 9.53 Å². The average Bonchev–Trinajstić information content (AvgIpc) is 3.25. The number of benzene rings is 3. The van der Waals surface area contributed by atoms with Crippen LogP contribution in [0.2, 0.25) is 0 Å². The number of amides is 2. The molecule has 2 amide bonds. The highest BCUT2D eigenvalue weighted by atomic mass is 32.2. The Morgan fingerprint density at radius 3 is 2.53 bits per heavy atom. The number of hydrogen-bond donors (Lipinski definition) is 2. The highest BCUT2D eigenvalue weighted by molar-refractivity contribution is 7.98. The SMILES string of the molecule is COc1cccc(CSc2nnc(CNC(=O)Nc3cccc(C)c3)n2-c2ccc(C)cc2)c1. The number of nitrogens with one attached hydrogen (secondary N) is 2. The second-order valence-electron chi connectivity index (χ2n) is 7.89. The molecule has 8 heteroatoms. The fourth-order valence-corrected chi connectivity index (χ4v) is 4.34. The van der Waals surface area contributed by atoms with Gasteiger partial charge in [-0.2, -0.15) is 0 Å². The van der Waals surface area contributed by atoms with E-state index in [4.69, 9.17) is 4.74 Å². The number of aromatic nitrogens is 3. The van der Waals surface area contributed by atoms with Gasteiger partial charge in [-0.05, 0) is 61.4 Å². The molecule has 4 aromatic rings. The zero-order valence-corrected chi connectivity index (χ0v) is 20.2. The van der Waals surface area contributed by atoms with Crippen LogP contribution in [0.4, 0.5) is 10.5 Å². The topological polar surface area (TPSA) is 81.1 Å². The van der Waals surface area contributed by atoms with Gasteiger partial charge in [-0.25, -0.2) is 4.79 Å². The van der Waals surface area contributed by atoms with Gasteiger partial charge in [-0.1, -0.05) is 53.7 Å². The van der Waals surface area contributed by atoms with Gasteiger partial charge in [-0.15, -0.1) is 10.2 Å². The van der Waals surface area contributed by atoms with Crippen LogP contribution in [0.3, 0.4) is 0 Å². The van der Waals surface area contributed by atoms with Crippen molar-refractivity contribution in [1.82, 2.24) is 20.1 Å². The van der Waals surface area contributed by atoms with Gasteiger partial charge in [0.2, 0.25) is 0 Å². The number of thioether (sulfide) groups is 1. The van der Waals surface area contributed by atoms with Gasteiger partial charge in [0.1, 0.15) is 5.75 Å². The number of ether oxygens (including phenoxy) is 1. The number of rotatable bonds is 8. The summed E-state index contributed by atoms with van der Waals surface area (Å²) in [6.07, 6.45) is 0. The number of carbonyl (C=O) groups excluding carboxylic acids is 1. The van der Waals surface area contributed by atoms with Crippen LogP contribution in [0.15, 0.2) is 78.0 Å². The molecular formula is C26H27N5O2S. The minimum Gasteiger partial charge on any atom is -0.497 e. The monoisotopic (exact) mass is 473 g/mol. The predicted molar refractivity (Wildman–Crippen MR) is 136 cm³/mol. The molecule has 1 aromatic heterocycles. The molecule has 3 aromatic carbocycles. The largest absolute Gasteiger partial charge is 0.497 e. The highest BCUT2D eigenvalue weighted by Gasteiger charge is 2.16. The molecular weight excluding hydrogens is 446 g/mol. The van der Waals surface area contributed by atoms with Crippen molar-refractivity contribution in [3.05, 3.63) is 95.3 Å². The summed E-state index contributed by atoms with van der Waals surface area (Å²) in [4.78, 5) is 12.5. The van der Waals surface area contributed by atoms with E-state index in [9.17, 15) is 4.79 Å². The molecule has 174 valence electrons. The van der Waals surface area contributed by atoms with Crippen molar-refractivity contribution >= 4 is 23.5 Å². The summed E-state index contributed by atoms with van der Waals surface area (Å²) >= 11 is 1.58. The Bertz CT molecular complexity index is 1270. The van der Waals surface area contributed by atoms with Crippen LogP contribution in [0.1, 0.15) is 22.5 Å². The molecule has 0 fully saturated rings. The molecule has 0 aliphatic carbocycles. The Labute approximate surface area is 203 Å². The molecule has 34 heavy (non-hydrogen) atoms. The maximum absolute atomic E-state index is 12.5. The van der Waals surface area contributed by atoms with Crippen molar-refractivity contribution in [1.29, 1.82) is 0 Å². The molecule has 0 saturated carbocycles. The molecule has 4 rings (SSSR count). The number of carbonyl (C=O) groups is 1. The van der Waals surface area contributed by atoms with Crippen LogP contribution < -0.4 is 15.4 Å². The lowest BCUT2D eigenvalue weighted by Crippen LogP contribution is -2.29. The molecule has 0 bridgehead atoms. The number of anilines is 1. The Hall–Kier alpha value is -3.78. The first-order valence-electron chi connectivity index (χ1n) is 10.9. The molecule has 0 aliphatic rings. The van der Waals surface area contributed by atoms with E-state index in [1.165, 1.54) is 5.56 Å². The Balaban J connectivity index is 1.51. The number of methoxy groups -OCH3 is 1. The van der Waals surface area contributed by atoms with Gasteiger partial charge in [0.25, 0.3) is 0 Å². The van der Waals surface area contributed by atoms with Crippen LogP contribution >= 0.6 is 11.8 Å². The molecule has 7 nitrogen and oxygen atoms in total. The molecule has 0 unspecified atom stereocenters. The minimum atomic E-state index is -0.297. The first-order valence-corrected chi connectivity index (χ1v) is 11.9. The zero-order chi connectivity index (χ0) is 23.9. The third kappa shape index (κ3) is 5.96. The van der Waals surface area contributed by atoms with Gasteiger partial charge >= 0.3 is 6.03 Å². The van der Waals surface area contributed by atoms with Crippen molar-refractivity contribution in [2.75, 3.05) is 12.4 Å². The quantitative estimate of drug-likeness (QED) is 0.330. The third-order valence-corrected chi connectivity index (χ3v) is 6.18. The van der Waals surface area contributed by atoms with Crippen molar-refractivity contribution in [2.24, 2.45) is 0 Å². The van der Waals surface area contributed by atoms with Gasteiger partial charge in [-0.3, -0.25) is 4.57 Å². The second-order valence-corrected chi connectivity index (χ2v) is 8.83. The van der Waals surface area contributed by atoms with E-state index in [0.717, 1.165) is 33.4 Å². The zero-order valence-electron chi connectivity index (χ0n) is 19.4. The van der Waals surface area contributed by atoms with Crippen LogP contribution in [-0.4, -0.2) is 27.9 Å². The summed E-state index contributed by atoms with van der Waals surface area (Å²) in [6.45, 7) is 4.27. The summed E-state index contributed by atoms with van der Waals surface area (Å²) in [6, 6.07) is 23.5. The van der Waals surface area contributed by atoms with Crippen molar-refractivity contribution in [3.8, 4) is 11.4 Å². The predicted octanol–water partition coefficient (Wildman–Crippen LogP) is 5.51. The molecule has 0 aliphatic heterocycles. The van der Waals surface area contributed by atoms with Crippen molar-refractivity contribution in [2.45, 2.75) is 31.3 Å². The summed E-state index contributed by atoms with van der Waals surface area (Å²) in [5.41, 5.74) is 5.06. The van der Waals surface area contributed by atoms with Gasteiger partial charge < -0.3 is 15.4 Å². The van der Waals surface area contributed by atoms with E-state index in [1.807, 2.05) is 85.1 Å². The standard InChI is InChI=1S/C26H27N5O2S/c1-18-10-12-22(13-11-18)31-24(16-27-25(32)28-21-8-4-6-19(2)14-21)29-30-26(31)34-17-20-7-5-9-23(15-20)33-3/h4-15H,16-17H2,1-3H3,(H2,27,28,32). The van der Waals surface area contributed by atoms with Crippen molar-refractivity contribution in [3.63, 3.8) is 0 Å². The number of urea groups is 1. The van der Waals surface area contributed by atoms with E-state index >= 15 is 0 Å². The van der Waals surface area contributed by atoms with E-state index in [2.05, 4.69) is 26.9 Å². The fraction of sp³-hybridized carbons (Fsp3) is 0.192. The maximum atomic E-state index is 12.5. The molecule has 2 N–H and O–H groups in total. The van der Waals surface area contributed by atoms with E-state index in [-0.39, 0.29) is 12.6 Å². The lowest BCUT2D eigenvalue weighted by atomic mass is 10.2. The number of hydrogen-bond acceptors (Lipinski definition) is 5. The first kappa shape index (κ1) is 23.4. The molecule has 0 radical (unpaired) electrons.